The van der Waals surface area contributed by atoms with Gasteiger partial charge in [0.05, 0.1) is 0 Å². The van der Waals surface area contributed by atoms with Crippen LogP contribution in [-0.2, 0) is 13.0 Å². The van der Waals surface area contributed by atoms with E-state index in [2.05, 4.69) is 39.3 Å². The van der Waals surface area contributed by atoms with Gasteiger partial charge in [-0.15, -0.1) is 0 Å². The Morgan fingerprint density at radius 2 is 2.27 bits per heavy atom. The lowest BCUT2D eigenvalue weighted by molar-refractivity contribution is 0.376. The molecule has 0 bridgehead atoms. The van der Waals surface area contributed by atoms with E-state index in [4.69, 9.17) is 4.98 Å². The third-order valence-corrected chi connectivity index (χ3v) is 6.24. The van der Waals surface area contributed by atoms with Crippen molar-refractivity contribution in [3.63, 3.8) is 0 Å². The van der Waals surface area contributed by atoms with Gasteiger partial charge in [0.15, 0.2) is 5.65 Å². The Morgan fingerprint density at radius 3 is 3.05 bits per heavy atom. The number of pyridine rings is 1. The molecule has 2 aliphatic rings. The molecule has 2 saturated heterocycles. The SMILES string of the molecule is CN1CCC(Cn2c(CC3CCSC3)nc3cccnc32)C1. The Labute approximate surface area is 136 Å². The van der Waals surface area contributed by atoms with Crippen molar-refractivity contribution < 1.29 is 0 Å². The van der Waals surface area contributed by atoms with Gasteiger partial charge in [0, 0.05) is 25.7 Å². The van der Waals surface area contributed by atoms with E-state index in [1.54, 1.807) is 0 Å². The monoisotopic (exact) mass is 316 g/mol. The molecule has 0 aliphatic carbocycles. The number of hydrogen-bond donors (Lipinski definition) is 0. The van der Waals surface area contributed by atoms with Crippen LogP contribution in [0.3, 0.4) is 0 Å². The van der Waals surface area contributed by atoms with Crippen LogP contribution in [0.15, 0.2) is 18.3 Å². The van der Waals surface area contributed by atoms with Crippen molar-refractivity contribution in [1.82, 2.24) is 19.4 Å². The molecule has 2 fully saturated rings. The van der Waals surface area contributed by atoms with Gasteiger partial charge in [0.25, 0.3) is 0 Å². The molecule has 2 aromatic rings. The zero-order valence-corrected chi connectivity index (χ0v) is 14.1. The van der Waals surface area contributed by atoms with Crippen molar-refractivity contribution in [2.24, 2.45) is 11.8 Å². The fourth-order valence-corrected chi connectivity index (χ4v) is 5.07. The maximum atomic E-state index is 4.91. The molecular weight excluding hydrogens is 292 g/mol. The lowest BCUT2D eigenvalue weighted by Crippen LogP contribution is -2.19. The predicted octanol–water partition coefficient (Wildman–Crippen LogP) is 2.68. The van der Waals surface area contributed by atoms with Gasteiger partial charge in [-0.3, -0.25) is 0 Å². The molecule has 22 heavy (non-hydrogen) atoms. The standard InChI is InChI=1S/C17H24N4S/c1-20-7-4-14(10-20)11-21-16(9-13-5-8-22-12-13)19-15-3-2-6-18-17(15)21/h2-3,6,13-14H,4-5,7-12H2,1H3. The summed E-state index contributed by atoms with van der Waals surface area (Å²) in [6, 6.07) is 4.10. The average Bonchev–Trinajstić information content (AvgIpc) is 3.23. The van der Waals surface area contributed by atoms with E-state index in [1.807, 2.05) is 12.3 Å². The Bertz CT molecular complexity index is 647. The highest BCUT2D eigenvalue weighted by Gasteiger charge is 2.24. The average molecular weight is 316 g/mol. The van der Waals surface area contributed by atoms with Crippen LogP contribution in [0.25, 0.3) is 11.2 Å². The van der Waals surface area contributed by atoms with Gasteiger partial charge in [0.2, 0.25) is 0 Å². The molecule has 2 aliphatic heterocycles. The van der Waals surface area contributed by atoms with Crippen LogP contribution >= 0.6 is 11.8 Å². The summed E-state index contributed by atoms with van der Waals surface area (Å²) in [5.41, 5.74) is 2.15. The first-order valence-corrected chi connectivity index (χ1v) is 9.51. The molecule has 118 valence electrons. The highest BCUT2D eigenvalue weighted by Crippen LogP contribution is 2.28. The first-order valence-electron chi connectivity index (χ1n) is 8.36. The molecule has 0 amide bonds. The minimum atomic E-state index is 0.737. The second kappa shape index (κ2) is 6.20. The molecule has 5 heteroatoms. The number of fused-ring (bicyclic) bond motifs is 1. The summed E-state index contributed by atoms with van der Waals surface area (Å²) >= 11 is 2.09. The molecule has 2 aromatic heterocycles. The van der Waals surface area contributed by atoms with Crippen LogP contribution in [-0.4, -0.2) is 51.1 Å². The topological polar surface area (TPSA) is 34.0 Å². The summed E-state index contributed by atoms with van der Waals surface area (Å²) in [5, 5.41) is 0. The molecule has 0 N–H and O–H groups in total. The van der Waals surface area contributed by atoms with E-state index in [0.29, 0.717) is 0 Å². The number of hydrogen-bond acceptors (Lipinski definition) is 4. The largest absolute Gasteiger partial charge is 0.312 e. The maximum Gasteiger partial charge on any atom is 0.159 e. The van der Waals surface area contributed by atoms with Crippen molar-refractivity contribution >= 4 is 22.9 Å². The van der Waals surface area contributed by atoms with Crippen LogP contribution in [0, 0.1) is 11.8 Å². The molecule has 2 atom stereocenters. The quantitative estimate of drug-likeness (QED) is 0.868. The fraction of sp³-hybridized carbons (Fsp3) is 0.647. The molecule has 0 saturated carbocycles. The normalized spacial score (nSPS) is 26.2. The van der Waals surface area contributed by atoms with Gasteiger partial charge in [-0.1, -0.05) is 0 Å². The van der Waals surface area contributed by atoms with E-state index in [9.17, 15) is 0 Å². The molecule has 2 unspecified atom stereocenters. The van der Waals surface area contributed by atoms with E-state index in [-0.39, 0.29) is 0 Å². The van der Waals surface area contributed by atoms with Gasteiger partial charge >= 0.3 is 0 Å². The van der Waals surface area contributed by atoms with E-state index < -0.39 is 0 Å². The van der Waals surface area contributed by atoms with Crippen LogP contribution in [0.4, 0.5) is 0 Å². The third-order valence-electron chi connectivity index (χ3n) is 5.01. The fourth-order valence-electron chi connectivity index (χ4n) is 3.79. The number of aromatic nitrogens is 3. The summed E-state index contributed by atoms with van der Waals surface area (Å²) in [6.07, 6.45) is 5.65. The first kappa shape index (κ1) is 14.5. The van der Waals surface area contributed by atoms with Crippen LogP contribution in [0.1, 0.15) is 18.7 Å². The molecule has 4 heterocycles. The Balaban J connectivity index is 1.63. The molecule has 4 rings (SSSR count). The van der Waals surface area contributed by atoms with Crippen LogP contribution < -0.4 is 0 Å². The van der Waals surface area contributed by atoms with E-state index in [1.165, 1.54) is 43.3 Å². The van der Waals surface area contributed by atoms with Gasteiger partial charge in [0.1, 0.15) is 11.3 Å². The maximum absolute atomic E-state index is 4.91. The number of nitrogens with zero attached hydrogens (tertiary/aromatic N) is 4. The third kappa shape index (κ3) is 2.88. The minimum absolute atomic E-state index is 0.737. The summed E-state index contributed by atoms with van der Waals surface area (Å²) < 4.78 is 2.42. The molecule has 0 aromatic carbocycles. The van der Waals surface area contributed by atoms with E-state index in [0.717, 1.165) is 36.0 Å². The summed E-state index contributed by atoms with van der Waals surface area (Å²) in [4.78, 5) is 12.0. The molecule has 0 spiro atoms. The van der Waals surface area contributed by atoms with Crippen LogP contribution in [0.5, 0.6) is 0 Å². The number of likely N-dealkylation sites (tertiary alicyclic amines) is 1. The van der Waals surface area contributed by atoms with Crippen molar-refractivity contribution in [3.8, 4) is 0 Å². The van der Waals surface area contributed by atoms with Gasteiger partial charge in [-0.05, 0) is 61.9 Å². The second-order valence-electron chi connectivity index (χ2n) is 6.84. The first-order chi connectivity index (χ1) is 10.8. The zero-order chi connectivity index (χ0) is 14.9. The highest BCUT2D eigenvalue weighted by molar-refractivity contribution is 7.99. The number of imidazole rings is 1. The molecule has 0 radical (unpaired) electrons. The Hall–Kier alpha value is -1.07. The van der Waals surface area contributed by atoms with Crippen molar-refractivity contribution in [2.75, 3.05) is 31.6 Å². The zero-order valence-electron chi connectivity index (χ0n) is 13.2. The number of thioether (sulfide) groups is 1. The lowest BCUT2D eigenvalue weighted by Gasteiger charge is -2.15. The smallest absolute Gasteiger partial charge is 0.159 e. The van der Waals surface area contributed by atoms with Gasteiger partial charge < -0.3 is 9.47 Å². The summed E-state index contributed by atoms with van der Waals surface area (Å²) in [5.74, 6) is 5.41. The Kier molecular flexibility index (Phi) is 4.09. The number of rotatable bonds is 4. The van der Waals surface area contributed by atoms with Crippen molar-refractivity contribution in [3.05, 3.63) is 24.2 Å². The lowest BCUT2D eigenvalue weighted by atomic mass is 10.0. The summed E-state index contributed by atoms with van der Waals surface area (Å²) in [6.45, 7) is 3.50. The van der Waals surface area contributed by atoms with Crippen LogP contribution in [0.2, 0.25) is 0 Å². The van der Waals surface area contributed by atoms with Crippen molar-refractivity contribution in [2.45, 2.75) is 25.8 Å². The second-order valence-corrected chi connectivity index (χ2v) is 7.99. The predicted molar refractivity (Wildman–Crippen MR) is 92.3 cm³/mol. The molecular formula is C17H24N4S. The molecule has 4 nitrogen and oxygen atoms in total. The van der Waals surface area contributed by atoms with E-state index >= 15 is 0 Å². The highest BCUT2D eigenvalue weighted by atomic mass is 32.2. The summed E-state index contributed by atoms with van der Waals surface area (Å²) in [7, 11) is 2.22. The van der Waals surface area contributed by atoms with Crippen molar-refractivity contribution in [1.29, 1.82) is 0 Å². The minimum Gasteiger partial charge on any atom is -0.312 e. The van der Waals surface area contributed by atoms with Gasteiger partial charge in [-0.25, -0.2) is 9.97 Å². The Morgan fingerprint density at radius 1 is 1.32 bits per heavy atom. The van der Waals surface area contributed by atoms with Gasteiger partial charge in [-0.2, -0.15) is 11.8 Å².